The average Bonchev–Trinajstić information content (AvgIpc) is 2.36. The summed E-state index contributed by atoms with van der Waals surface area (Å²) in [5, 5.41) is 9.19. The molecule has 0 N–H and O–H groups in total. The molecular weight excluding hydrogens is 350 g/mol. The molecule has 116 valence electrons. The number of hydrogen-bond donors (Lipinski definition) is 0. The molecule has 21 heavy (non-hydrogen) atoms. The zero-order valence-electron chi connectivity index (χ0n) is 11.6. The fourth-order valence-electron chi connectivity index (χ4n) is 1.85. The van der Waals surface area contributed by atoms with Crippen LogP contribution in [0, 0.1) is 11.3 Å². The van der Waals surface area contributed by atoms with Crippen LogP contribution in [-0.2, 0) is 33.3 Å². The molecule has 0 aromatic carbocycles. The predicted octanol–water partition coefficient (Wildman–Crippen LogP) is 0.426. The van der Waals surface area contributed by atoms with Crippen LogP contribution in [0.25, 0.3) is 0 Å². The molecule has 0 bridgehead atoms. The topological polar surface area (TPSA) is 112 Å². The van der Waals surface area contributed by atoms with Crippen molar-refractivity contribution in [2.24, 2.45) is 0 Å². The normalized spacial score (nSPS) is 31.7. The molecule has 0 amide bonds. The second-order valence-electron chi connectivity index (χ2n) is 4.32. The summed E-state index contributed by atoms with van der Waals surface area (Å²) < 4.78 is 18.6. The van der Waals surface area contributed by atoms with Crippen molar-refractivity contribution in [2.45, 2.75) is 43.6 Å². The molecule has 1 fully saturated rings. The summed E-state index contributed by atoms with van der Waals surface area (Å²) in [4.78, 5) is 33.6. The number of ether oxygens (including phenoxy) is 4. The molecule has 1 heterocycles. The Morgan fingerprint density at radius 2 is 1.67 bits per heavy atom. The van der Waals surface area contributed by atoms with E-state index >= 15 is 0 Å². The van der Waals surface area contributed by atoms with E-state index in [4.69, 9.17) is 18.9 Å². The van der Waals surface area contributed by atoms with Crippen LogP contribution in [0.5, 0.6) is 0 Å². The van der Waals surface area contributed by atoms with Gasteiger partial charge in [-0.2, -0.15) is 5.26 Å². The Bertz CT molecular complexity index is 488. The Morgan fingerprint density at radius 1 is 1.14 bits per heavy atom. The lowest BCUT2D eigenvalue weighted by Gasteiger charge is -2.41. The van der Waals surface area contributed by atoms with Crippen LogP contribution in [0.1, 0.15) is 20.8 Å². The molecule has 3 unspecified atom stereocenters. The molecule has 0 aliphatic carbocycles. The summed E-state index contributed by atoms with van der Waals surface area (Å²) in [6.45, 7) is 3.25. The summed E-state index contributed by atoms with van der Waals surface area (Å²) in [5.41, 5.74) is 0. The maximum atomic E-state index is 11.2. The van der Waals surface area contributed by atoms with Gasteiger partial charge in [0.25, 0.3) is 4.51 Å². The Balaban J connectivity index is 3.13. The smallest absolute Gasteiger partial charge is 0.303 e. The largest absolute Gasteiger partial charge is 0.456 e. The fraction of sp³-hybridized carbons (Fsp3) is 0.667. The number of nitrogens with zero attached hydrogens (tertiary/aromatic N) is 1. The highest BCUT2D eigenvalue weighted by Crippen LogP contribution is 2.36. The van der Waals surface area contributed by atoms with Gasteiger partial charge in [0, 0.05) is 20.8 Å². The second-order valence-corrected chi connectivity index (χ2v) is 5.50. The SMILES string of the molecule is CC(=O)OC1CO[C@@](Br)(C#N)C(OC(C)=O)C1OC(C)=O. The van der Waals surface area contributed by atoms with E-state index in [1.54, 1.807) is 6.07 Å². The zero-order chi connectivity index (χ0) is 16.2. The van der Waals surface area contributed by atoms with E-state index in [0.717, 1.165) is 13.8 Å². The van der Waals surface area contributed by atoms with E-state index in [-0.39, 0.29) is 6.61 Å². The lowest BCUT2D eigenvalue weighted by molar-refractivity contribution is -0.222. The van der Waals surface area contributed by atoms with Crippen LogP contribution >= 0.6 is 15.9 Å². The van der Waals surface area contributed by atoms with E-state index in [2.05, 4.69) is 15.9 Å². The van der Waals surface area contributed by atoms with Gasteiger partial charge in [-0.05, 0) is 15.9 Å². The quantitative estimate of drug-likeness (QED) is 0.403. The Kier molecular flexibility index (Phi) is 5.69. The fourth-order valence-corrected chi connectivity index (χ4v) is 2.33. The molecule has 0 radical (unpaired) electrons. The first-order valence-corrected chi connectivity index (χ1v) is 6.74. The number of carbonyl (C=O) groups excluding carboxylic acids is 3. The molecule has 4 atom stereocenters. The van der Waals surface area contributed by atoms with E-state index in [0.29, 0.717) is 0 Å². The van der Waals surface area contributed by atoms with Crippen molar-refractivity contribution in [3.8, 4) is 6.07 Å². The van der Waals surface area contributed by atoms with E-state index in [9.17, 15) is 19.6 Å². The van der Waals surface area contributed by atoms with Crippen LogP contribution in [0.15, 0.2) is 0 Å². The van der Waals surface area contributed by atoms with Crippen LogP contribution in [-0.4, -0.2) is 47.3 Å². The maximum absolute atomic E-state index is 11.2. The lowest BCUT2D eigenvalue weighted by Crippen LogP contribution is -2.61. The zero-order valence-corrected chi connectivity index (χ0v) is 13.2. The first-order chi connectivity index (χ1) is 9.69. The van der Waals surface area contributed by atoms with Gasteiger partial charge >= 0.3 is 17.9 Å². The van der Waals surface area contributed by atoms with Crippen molar-refractivity contribution in [1.82, 2.24) is 0 Å². The van der Waals surface area contributed by atoms with Gasteiger partial charge in [-0.1, -0.05) is 0 Å². The second kappa shape index (κ2) is 6.87. The third-order valence-corrected chi connectivity index (χ3v) is 3.41. The Morgan fingerprint density at radius 3 is 2.10 bits per heavy atom. The molecule has 1 aliphatic rings. The van der Waals surface area contributed by atoms with Crippen LogP contribution < -0.4 is 0 Å². The molecule has 0 saturated carbocycles. The third kappa shape index (κ3) is 4.41. The van der Waals surface area contributed by atoms with Crippen molar-refractivity contribution in [1.29, 1.82) is 5.26 Å². The standard InChI is InChI=1S/C12H14BrNO7/c1-6(15)19-9-4-18-12(13,5-14)11(21-8(3)17)10(9)20-7(2)16/h9-11H,4H2,1-3H3/t9?,10?,11?,12-/m0/s1. The van der Waals surface area contributed by atoms with E-state index in [1.165, 1.54) is 6.92 Å². The third-order valence-electron chi connectivity index (χ3n) is 2.55. The van der Waals surface area contributed by atoms with Crippen molar-refractivity contribution in [3.05, 3.63) is 0 Å². The lowest BCUT2D eigenvalue weighted by atomic mass is 9.99. The molecule has 1 saturated heterocycles. The highest BCUT2D eigenvalue weighted by Gasteiger charge is 2.55. The molecule has 1 rings (SSSR count). The van der Waals surface area contributed by atoms with E-state index in [1.807, 2.05) is 0 Å². The minimum atomic E-state index is -1.70. The van der Waals surface area contributed by atoms with Crippen molar-refractivity contribution in [3.63, 3.8) is 0 Å². The van der Waals surface area contributed by atoms with Gasteiger partial charge in [0.1, 0.15) is 6.07 Å². The van der Waals surface area contributed by atoms with E-state index < -0.39 is 40.7 Å². The first kappa shape index (κ1) is 17.4. The average molecular weight is 364 g/mol. The Labute approximate surface area is 129 Å². The first-order valence-electron chi connectivity index (χ1n) is 5.95. The van der Waals surface area contributed by atoms with Crippen molar-refractivity contribution >= 4 is 33.8 Å². The van der Waals surface area contributed by atoms with Crippen molar-refractivity contribution < 1.29 is 33.3 Å². The summed E-state index contributed by atoms with van der Waals surface area (Å²) in [6.07, 6.45) is -3.44. The van der Waals surface area contributed by atoms with Gasteiger partial charge in [-0.25, -0.2) is 0 Å². The molecule has 9 heteroatoms. The van der Waals surface area contributed by atoms with Gasteiger partial charge in [0.2, 0.25) is 0 Å². The number of rotatable bonds is 3. The summed E-state index contributed by atoms with van der Waals surface area (Å²) >= 11 is 3.02. The van der Waals surface area contributed by atoms with Gasteiger partial charge in [0.15, 0.2) is 18.3 Å². The molecule has 8 nitrogen and oxygen atoms in total. The highest BCUT2D eigenvalue weighted by molar-refractivity contribution is 9.10. The summed E-state index contributed by atoms with van der Waals surface area (Å²) in [7, 11) is 0. The van der Waals surface area contributed by atoms with Crippen LogP contribution in [0.3, 0.4) is 0 Å². The number of hydrogen-bond acceptors (Lipinski definition) is 8. The van der Waals surface area contributed by atoms with Crippen LogP contribution in [0.2, 0.25) is 0 Å². The number of carbonyl (C=O) groups is 3. The number of alkyl halides is 1. The minimum absolute atomic E-state index is 0.200. The molecule has 0 spiro atoms. The maximum Gasteiger partial charge on any atom is 0.303 e. The summed E-state index contributed by atoms with van der Waals surface area (Å²) in [6, 6.07) is 1.80. The van der Waals surface area contributed by atoms with Gasteiger partial charge in [0.05, 0.1) is 6.61 Å². The highest BCUT2D eigenvalue weighted by atomic mass is 79.9. The van der Waals surface area contributed by atoms with Gasteiger partial charge in [-0.3, -0.25) is 14.4 Å². The number of halogens is 1. The van der Waals surface area contributed by atoms with Crippen molar-refractivity contribution in [2.75, 3.05) is 6.61 Å². The number of esters is 3. The monoisotopic (exact) mass is 363 g/mol. The predicted molar refractivity (Wildman–Crippen MR) is 69.9 cm³/mol. The van der Waals surface area contributed by atoms with Crippen LogP contribution in [0.4, 0.5) is 0 Å². The molecular formula is C12H14BrNO7. The molecule has 0 aromatic rings. The Hall–Kier alpha value is -1.66. The minimum Gasteiger partial charge on any atom is -0.456 e. The molecule has 0 aromatic heterocycles. The van der Waals surface area contributed by atoms with Gasteiger partial charge < -0.3 is 18.9 Å². The summed E-state index contributed by atoms with van der Waals surface area (Å²) in [5.74, 6) is -2.01. The molecule has 1 aliphatic heterocycles. The number of nitriles is 1. The van der Waals surface area contributed by atoms with Gasteiger partial charge in [-0.15, -0.1) is 0 Å².